The number of aliphatic hydroxyl groups is 1. The van der Waals surface area contributed by atoms with Crippen LogP contribution in [0.15, 0.2) is 24.3 Å². The van der Waals surface area contributed by atoms with Gasteiger partial charge in [-0.05, 0) is 24.8 Å². The number of fused-ring (bicyclic) bond motifs is 1. The van der Waals surface area contributed by atoms with Crippen molar-refractivity contribution in [2.75, 3.05) is 0 Å². The molecule has 0 spiro atoms. The summed E-state index contributed by atoms with van der Waals surface area (Å²) >= 11 is 0. The summed E-state index contributed by atoms with van der Waals surface area (Å²) in [6, 6.07) is 6.09. The molecule has 1 heterocycles. The number of ketones is 1. The van der Waals surface area contributed by atoms with Crippen LogP contribution in [-0.2, 0) is 6.42 Å². The van der Waals surface area contributed by atoms with Crippen molar-refractivity contribution in [2.45, 2.75) is 39.7 Å². The Kier molecular flexibility index (Phi) is 3.80. The SMILES string of the molecule is Cc1[nH]c2c(c1C(O)c1ccccc1[N+](=O)[O-])C(=O)CC(C)(C)C2. The number of carbonyl (C=O) groups excluding carboxylic acids is 1. The number of aromatic nitrogens is 1. The van der Waals surface area contributed by atoms with E-state index in [2.05, 4.69) is 4.98 Å². The first kappa shape index (κ1) is 16.4. The van der Waals surface area contributed by atoms with Crippen LogP contribution < -0.4 is 0 Å². The lowest BCUT2D eigenvalue weighted by Gasteiger charge is -2.29. The summed E-state index contributed by atoms with van der Waals surface area (Å²) in [4.78, 5) is 26.5. The van der Waals surface area contributed by atoms with Crippen LogP contribution in [0.2, 0.25) is 0 Å². The van der Waals surface area contributed by atoms with E-state index in [-0.39, 0.29) is 22.4 Å². The highest BCUT2D eigenvalue weighted by Crippen LogP contribution is 2.41. The molecule has 6 nitrogen and oxygen atoms in total. The molecule has 1 unspecified atom stereocenters. The van der Waals surface area contributed by atoms with E-state index >= 15 is 0 Å². The van der Waals surface area contributed by atoms with Gasteiger partial charge in [0, 0.05) is 35.0 Å². The molecular weight excluding hydrogens is 308 g/mol. The van der Waals surface area contributed by atoms with Gasteiger partial charge >= 0.3 is 0 Å². The van der Waals surface area contributed by atoms with Crippen molar-refractivity contribution in [3.8, 4) is 0 Å². The second-order valence-electron chi connectivity index (χ2n) is 7.18. The number of aliphatic hydroxyl groups excluding tert-OH is 1. The van der Waals surface area contributed by atoms with Gasteiger partial charge in [-0.3, -0.25) is 14.9 Å². The molecule has 6 heteroatoms. The average Bonchev–Trinajstić information content (AvgIpc) is 2.81. The minimum atomic E-state index is -1.21. The fraction of sp³-hybridized carbons (Fsp3) is 0.389. The molecular formula is C18H20N2O4. The summed E-state index contributed by atoms with van der Waals surface area (Å²) in [5, 5.41) is 22.1. The van der Waals surface area contributed by atoms with Crippen LogP contribution in [-0.4, -0.2) is 20.8 Å². The Morgan fingerprint density at radius 2 is 1.96 bits per heavy atom. The number of hydrogen-bond acceptors (Lipinski definition) is 4. The highest BCUT2D eigenvalue weighted by molar-refractivity contribution is 6.00. The Hall–Kier alpha value is -2.47. The van der Waals surface area contributed by atoms with Crippen molar-refractivity contribution < 1.29 is 14.8 Å². The number of H-pyrrole nitrogens is 1. The number of benzene rings is 1. The maximum absolute atomic E-state index is 12.6. The number of nitrogens with one attached hydrogen (secondary N) is 1. The van der Waals surface area contributed by atoms with Crippen molar-refractivity contribution in [1.29, 1.82) is 0 Å². The fourth-order valence-electron chi connectivity index (χ4n) is 3.60. The number of Topliss-reactive ketones (excluding diaryl/α,β-unsaturated/α-hetero) is 1. The molecule has 0 saturated heterocycles. The van der Waals surface area contributed by atoms with Crippen molar-refractivity contribution in [1.82, 2.24) is 4.98 Å². The lowest BCUT2D eigenvalue weighted by atomic mass is 9.75. The lowest BCUT2D eigenvalue weighted by Crippen LogP contribution is -2.27. The third-order valence-corrected chi connectivity index (χ3v) is 4.59. The molecule has 0 amide bonds. The molecule has 1 aliphatic rings. The quantitative estimate of drug-likeness (QED) is 0.666. The number of nitro benzene ring substituents is 1. The molecule has 0 bridgehead atoms. The van der Waals surface area contributed by atoms with Crippen LogP contribution in [0.1, 0.15) is 59.2 Å². The van der Waals surface area contributed by atoms with Crippen molar-refractivity contribution in [3.05, 3.63) is 62.5 Å². The highest BCUT2D eigenvalue weighted by atomic mass is 16.6. The molecule has 2 aromatic rings. The number of carbonyl (C=O) groups is 1. The van der Waals surface area contributed by atoms with Crippen LogP contribution >= 0.6 is 0 Å². The molecule has 0 fully saturated rings. The monoisotopic (exact) mass is 328 g/mol. The molecule has 1 atom stereocenters. The zero-order valence-electron chi connectivity index (χ0n) is 13.9. The van der Waals surface area contributed by atoms with E-state index < -0.39 is 11.0 Å². The van der Waals surface area contributed by atoms with Crippen LogP contribution in [0.3, 0.4) is 0 Å². The van der Waals surface area contributed by atoms with Gasteiger partial charge in [-0.2, -0.15) is 0 Å². The molecule has 0 radical (unpaired) electrons. The van der Waals surface area contributed by atoms with Gasteiger partial charge in [0.1, 0.15) is 6.10 Å². The van der Waals surface area contributed by atoms with Crippen molar-refractivity contribution in [3.63, 3.8) is 0 Å². The molecule has 24 heavy (non-hydrogen) atoms. The zero-order valence-corrected chi connectivity index (χ0v) is 13.9. The number of rotatable bonds is 3. The normalized spacial score (nSPS) is 17.4. The number of para-hydroxylation sites is 1. The topological polar surface area (TPSA) is 96.2 Å². The molecule has 3 rings (SSSR count). The molecule has 1 aromatic carbocycles. The number of aromatic amines is 1. The van der Waals surface area contributed by atoms with E-state index in [1.807, 2.05) is 13.8 Å². The minimum Gasteiger partial charge on any atom is -0.383 e. The predicted octanol–water partition coefficient (Wildman–Crippen LogP) is 3.47. The van der Waals surface area contributed by atoms with Crippen LogP contribution in [0, 0.1) is 22.5 Å². The van der Waals surface area contributed by atoms with Gasteiger partial charge in [-0.25, -0.2) is 0 Å². The third-order valence-electron chi connectivity index (χ3n) is 4.59. The molecule has 2 N–H and O–H groups in total. The highest BCUT2D eigenvalue weighted by Gasteiger charge is 2.37. The van der Waals surface area contributed by atoms with Crippen LogP contribution in [0.5, 0.6) is 0 Å². The van der Waals surface area contributed by atoms with E-state index in [4.69, 9.17) is 0 Å². The van der Waals surface area contributed by atoms with Gasteiger partial charge in [0.2, 0.25) is 0 Å². The summed E-state index contributed by atoms with van der Waals surface area (Å²) in [6.45, 7) is 5.84. The predicted molar refractivity (Wildman–Crippen MR) is 89.1 cm³/mol. The zero-order chi connectivity index (χ0) is 17.6. The summed E-state index contributed by atoms with van der Waals surface area (Å²) in [5.41, 5.74) is 2.35. The van der Waals surface area contributed by atoms with E-state index in [1.54, 1.807) is 19.1 Å². The maximum Gasteiger partial charge on any atom is 0.275 e. The van der Waals surface area contributed by atoms with Crippen LogP contribution in [0.25, 0.3) is 0 Å². The molecule has 1 aromatic heterocycles. The number of nitro groups is 1. The van der Waals surface area contributed by atoms with E-state index in [0.717, 1.165) is 5.69 Å². The Labute approximate surface area is 139 Å². The molecule has 1 aliphatic carbocycles. The largest absolute Gasteiger partial charge is 0.383 e. The maximum atomic E-state index is 12.6. The van der Waals surface area contributed by atoms with Gasteiger partial charge < -0.3 is 10.1 Å². The van der Waals surface area contributed by atoms with Gasteiger partial charge in [-0.15, -0.1) is 0 Å². The first-order valence-corrected chi connectivity index (χ1v) is 7.87. The number of hydrogen-bond donors (Lipinski definition) is 2. The van der Waals surface area contributed by atoms with Crippen molar-refractivity contribution >= 4 is 11.5 Å². The summed E-state index contributed by atoms with van der Waals surface area (Å²) in [7, 11) is 0. The summed E-state index contributed by atoms with van der Waals surface area (Å²) in [5.74, 6) is -0.0294. The second kappa shape index (κ2) is 5.56. The van der Waals surface area contributed by atoms with Gasteiger partial charge in [0.15, 0.2) is 5.78 Å². The Morgan fingerprint density at radius 3 is 2.62 bits per heavy atom. The van der Waals surface area contributed by atoms with E-state index in [1.165, 1.54) is 12.1 Å². The first-order chi connectivity index (χ1) is 11.2. The standard InChI is InChI=1S/C18H20N2O4/c1-10-15(16-12(19-10)8-18(2,3)9-14(16)21)17(22)11-6-4-5-7-13(11)20(23)24/h4-7,17,19,22H,8-9H2,1-3H3. The molecule has 126 valence electrons. The van der Waals surface area contributed by atoms with E-state index in [0.29, 0.717) is 29.7 Å². The number of aryl methyl sites for hydroxylation is 1. The third kappa shape index (κ3) is 2.63. The minimum absolute atomic E-state index is 0.0294. The Morgan fingerprint density at radius 1 is 1.29 bits per heavy atom. The number of nitrogens with zero attached hydrogens (tertiary/aromatic N) is 1. The molecule has 0 aliphatic heterocycles. The van der Waals surface area contributed by atoms with Gasteiger partial charge in [0.05, 0.1) is 10.5 Å². The van der Waals surface area contributed by atoms with Gasteiger partial charge in [0.25, 0.3) is 5.69 Å². The van der Waals surface area contributed by atoms with Gasteiger partial charge in [-0.1, -0.05) is 26.0 Å². The van der Waals surface area contributed by atoms with E-state index in [9.17, 15) is 20.0 Å². The summed E-state index contributed by atoms with van der Waals surface area (Å²) < 4.78 is 0. The Bertz CT molecular complexity index is 836. The second-order valence-corrected chi connectivity index (χ2v) is 7.18. The Balaban J connectivity index is 2.14. The molecule has 0 saturated carbocycles. The summed E-state index contributed by atoms with van der Waals surface area (Å²) in [6.07, 6.45) is -0.108. The van der Waals surface area contributed by atoms with Crippen molar-refractivity contribution in [2.24, 2.45) is 5.41 Å². The smallest absolute Gasteiger partial charge is 0.275 e. The fourth-order valence-corrected chi connectivity index (χ4v) is 3.60. The average molecular weight is 328 g/mol. The lowest BCUT2D eigenvalue weighted by molar-refractivity contribution is -0.386. The van der Waals surface area contributed by atoms with Crippen LogP contribution in [0.4, 0.5) is 5.69 Å². The first-order valence-electron chi connectivity index (χ1n) is 7.87.